The third-order valence-electron chi connectivity index (χ3n) is 3.82. The van der Waals surface area contributed by atoms with Gasteiger partial charge < -0.3 is 14.6 Å². The molecule has 146 valence electrons. The van der Waals surface area contributed by atoms with Crippen LogP contribution in [0.5, 0.6) is 5.75 Å². The highest BCUT2D eigenvalue weighted by Crippen LogP contribution is 2.26. The average Bonchev–Trinajstić information content (AvgIpc) is 3.04. The number of hydrogen-bond donors (Lipinski definition) is 1. The van der Waals surface area contributed by atoms with Crippen LogP contribution >= 0.6 is 39.3 Å². The first-order chi connectivity index (χ1) is 13.4. The fourth-order valence-electron chi connectivity index (χ4n) is 2.46. The molecule has 0 fully saturated rings. The van der Waals surface area contributed by atoms with Crippen molar-refractivity contribution < 1.29 is 9.53 Å². The molecule has 0 saturated carbocycles. The number of nitrogens with zero attached hydrogens (tertiary/aromatic N) is 3. The summed E-state index contributed by atoms with van der Waals surface area (Å²) in [6, 6.07) is 14.8. The van der Waals surface area contributed by atoms with Crippen LogP contribution in [0.2, 0.25) is 5.02 Å². The topological polar surface area (TPSA) is 69.0 Å². The minimum atomic E-state index is -0.270. The summed E-state index contributed by atoms with van der Waals surface area (Å²) in [7, 11) is 1.86. The van der Waals surface area contributed by atoms with Crippen molar-refractivity contribution in [2.45, 2.75) is 18.2 Å². The second kappa shape index (κ2) is 9.45. The number of aromatic nitrogens is 3. The third kappa shape index (κ3) is 5.27. The van der Waals surface area contributed by atoms with Gasteiger partial charge in [-0.1, -0.05) is 41.6 Å². The van der Waals surface area contributed by atoms with Crippen molar-refractivity contribution in [3.05, 3.63) is 63.9 Å². The van der Waals surface area contributed by atoms with E-state index in [1.807, 2.05) is 48.9 Å². The van der Waals surface area contributed by atoms with Gasteiger partial charge in [-0.2, -0.15) is 0 Å². The van der Waals surface area contributed by atoms with Gasteiger partial charge in [0, 0.05) is 17.2 Å². The van der Waals surface area contributed by atoms with E-state index in [-0.39, 0.29) is 17.8 Å². The van der Waals surface area contributed by atoms with Gasteiger partial charge in [-0.15, -0.1) is 10.2 Å². The second-order valence-corrected chi connectivity index (χ2v) is 8.14. The molecule has 1 amide bonds. The van der Waals surface area contributed by atoms with E-state index < -0.39 is 0 Å². The van der Waals surface area contributed by atoms with Crippen LogP contribution in [0.25, 0.3) is 0 Å². The van der Waals surface area contributed by atoms with Crippen molar-refractivity contribution in [1.29, 1.82) is 0 Å². The molecule has 1 unspecified atom stereocenters. The lowest BCUT2D eigenvalue weighted by Gasteiger charge is -2.14. The summed E-state index contributed by atoms with van der Waals surface area (Å²) in [5, 5.41) is 12.4. The van der Waals surface area contributed by atoms with Crippen LogP contribution in [-0.4, -0.2) is 26.4 Å². The molecular weight excluding hydrogens is 464 g/mol. The maximum Gasteiger partial charge on any atom is 0.234 e. The lowest BCUT2D eigenvalue weighted by molar-refractivity contribution is -0.113. The maximum absolute atomic E-state index is 12.2. The zero-order chi connectivity index (χ0) is 20.1. The predicted octanol–water partition coefficient (Wildman–Crippen LogP) is 5.10. The SMILES string of the molecule is CC(Oc1ccccc1)c1nnc(SCC(=O)Nc2ccc(Br)c(Cl)c2)n1C. The monoisotopic (exact) mass is 480 g/mol. The Labute approximate surface area is 180 Å². The minimum absolute atomic E-state index is 0.151. The number of ether oxygens (including phenoxy) is 1. The molecule has 0 spiro atoms. The Kier molecular flexibility index (Phi) is 6.98. The Bertz CT molecular complexity index is 968. The molecule has 0 aliphatic rings. The summed E-state index contributed by atoms with van der Waals surface area (Å²) in [6.45, 7) is 1.91. The molecule has 3 aromatic rings. The van der Waals surface area contributed by atoms with E-state index in [4.69, 9.17) is 16.3 Å². The van der Waals surface area contributed by atoms with E-state index in [1.165, 1.54) is 11.8 Å². The summed E-state index contributed by atoms with van der Waals surface area (Å²) in [5.41, 5.74) is 0.641. The van der Waals surface area contributed by atoms with E-state index in [9.17, 15) is 4.79 Å². The van der Waals surface area contributed by atoms with Crippen LogP contribution in [0, 0.1) is 0 Å². The van der Waals surface area contributed by atoms with Crippen LogP contribution in [0.4, 0.5) is 5.69 Å². The van der Waals surface area contributed by atoms with E-state index >= 15 is 0 Å². The molecule has 28 heavy (non-hydrogen) atoms. The highest BCUT2D eigenvalue weighted by Gasteiger charge is 2.18. The highest BCUT2D eigenvalue weighted by molar-refractivity contribution is 9.10. The molecule has 0 bridgehead atoms. The minimum Gasteiger partial charge on any atom is -0.483 e. The molecule has 0 aliphatic heterocycles. The van der Waals surface area contributed by atoms with Crippen LogP contribution in [0.1, 0.15) is 18.9 Å². The first-order valence-electron chi connectivity index (χ1n) is 8.42. The first-order valence-corrected chi connectivity index (χ1v) is 10.6. The second-order valence-electron chi connectivity index (χ2n) is 5.94. The van der Waals surface area contributed by atoms with Crippen molar-refractivity contribution >= 4 is 50.9 Å². The highest BCUT2D eigenvalue weighted by atomic mass is 79.9. The molecule has 1 N–H and O–H groups in total. The number of anilines is 1. The Morgan fingerprint density at radius 1 is 1.29 bits per heavy atom. The summed E-state index contributed by atoms with van der Waals surface area (Å²) in [6.07, 6.45) is -0.270. The number of rotatable bonds is 7. The smallest absolute Gasteiger partial charge is 0.234 e. The Balaban J connectivity index is 1.57. The Morgan fingerprint density at radius 3 is 2.75 bits per heavy atom. The largest absolute Gasteiger partial charge is 0.483 e. The number of para-hydroxylation sites is 1. The number of halogens is 2. The molecule has 1 atom stereocenters. The average molecular weight is 482 g/mol. The van der Waals surface area contributed by atoms with Gasteiger partial charge in [0.25, 0.3) is 0 Å². The number of thioether (sulfide) groups is 1. The van der Waals surface area contributed by atoms with Crippen LogP contribution in [0.3, 0.4) is 0 Å². The summed E-state index contributed by atoms with van der Waals surface area (Å²) in [4.78, 5) is 12.2. The van der Waals surface area contributed by atoms with Gasteiger partial charge in [0.1, 0.15) is 5.75 Å². The molecule has 1 heterocycles. The Hall–Kier alpha value is -2.03. The Morgan fingerprint density at radius 2 is 2.04 bits per heavy atom. The molecule has 3 rings (SSSR count). The third-order valence-corrected chi connectivity index (χ3v) is 6.08. The predicted molar refractivity (Wildman–Crippen MR) is 115 cm³/mol. The standard InChI is InChI=1S/C19H18BrClN4O2S/c1-12(27-14-6-4-3-5-7-14)18-23-24-19(25(18)2)28-11-17(26)22-13-8-9-15(20)16(21)10-13/h3-10,12H,11H2,1-2H3,(H,22,26). The molecule has 9 heteroatoms. The van der Waals surface area contributed by atoms with Crippen LogP contribution < -0.4 is 10.1 Å². The van der Waals surface area contributed by atoms with E-state index in [0.29, 0.717) is 21.7 Å². The van der Waals surface area contributed by atoms with Gasteiger partial charge in [0.05, 0.1) is 10.8 Å². The van der Waals surface area contributed by atoms with Gasteiger partial charge in [-0.05, 0) is 53.2 Å². The lowest BCUT2D eigenvalue weighted by atomic mass is 10.3. The normalized spacial score (nSPS) is 11.9. The molecule has 0 aliphatic carbocycles. The van der Waals surface area contributed by atoms with Crippen LogP contribution in [-0.2, 0) is 11.8 Å². The van der Waals surface area contributed by atoms with Gasteiger partial charge >= 0.3 is 0 Å². The zero-order valence-electron chi connectivity index (χ0n) is 15.2. The van der Waals surface area contributed by atoms with Crippen molar-refractivity contribution in [2.24, 2.45) is 7.05 Å². The van der Waals surface area contributed by atoms with E-state index in [1.54, 1.807) is 18.2 Å². The van der Waals surface area contributed by atoms with Crippen molar-refractivity contribution in [3.8, 4) is 5.75 Å². The number of amides is 1. The van der Waals surface area contributed by atoms with Gasteiger partial charge in [0.15, 0.2) is 17.1 Å². The van der Waals surface area contributed by atoms with Gasteiger partial charge in [-0.3, -0.25) is 4.79 Å². The quantitative estimate of drug-likeness (QED) is 0.475. The van der Waals surface area contributed by atoms with Gasteiger partial charge in [-0.25, -0.2) is 0 Å². The lowest BCUT2D eigenvalue weighted by Crippen LogP contribution is -2.15. The van der Waals surface area contributed by atoms with Crippen LogP contribution in [0.15, 0.2) is 58.2 Å². The van der Waals surface area contributed by atoms with E-state index in [2.05, 4.69) is 31.4 Å². The number of benzene rings is 2. The number of hydrogen-bond acceptors (Lipinski definition) is 5. The molecular formula is C19H18BrClN4O2S. The molecule has 6 nitrogen and oxygen atoms in total. The summed E-state index contributed by atoms with van der Waals surface area (Å²) < 4.78 is 8.50. The summed E-state index contributed by atoms with van der Waals surface area (Å²) >= 11 is 10.7. The number of nitrogens with one attached hydrogen (secondary N) is 1. The molecule has 0 radical (unpaired) electrons. The van der Waals surface area contributed by atoms with Gasteiger partial charge in [0.2, 0.25) is 5.91 Å². The number of carbonyl (C=O) groups excluding carboxylic acids is 1. The van der Waals surface area contributed by atoms with E-state index in [0.717, 1.165) is 10.2 Å². The van der Waals surface area contributed by atoms with Crippen molar-refractivity contribution in [1.82, 2.24) is 14.8 Å². The number of carbonyl (C=O) groups is 1. The molecule has 2 aromatic carbocycles. The first kappa shape index (κ1) is 20.7. The fraction of sp³-hybridized carbons (Fsp3) is 0.211. The maximum atomic E-state index is 12.2. The molecule has 1 aromatic heterocycles. The van der Waals surface area contributed by atoms with Crippen molar-refractivity contribution in [3.63, 3.8) is 0 Å². The zero-order valence-corrected chi connectivity index (χ0v) is 18.4. The summed E-state index contributed by atoms with van der Waals surface area (Å²) in [5.74, 6) is 1.50. The van der Waals surface area contributed by atoms with Crippen molar-refractivity contribution in [2.75, 3.05) is 11.1 Å². The fourth-order valence-corrected chi connectivity index (χ4v) is 3.61. The molecule has 0 saturated heterocycles.